The van der Waals surface area contributed by atoms with Gasteiger partial charge in [0.1, 0.15) is 17.3 Å². The molecular formula is C23H20ClN3O3. The third-order valence-corrected chi connectivity index (χ3v) is 5.53. The molecule has 0 fully saturated rings. The molecule has 0 aliphatic carbocycles. The molecule has 0 atom stereocenters. The third-order valence-electron chi connectivity index (χ3n) is 5.23. The standard InChI is InChI=1S/C23H20ClN3O3/c1-28-21-6-4-15(11-18(21)24)20-7-5-17(30-20)14-27-9-8-19-16(13-27)12-25-23(26-19)22-3-2-10-29-22/h2-7,10-12H,8-9,13-14H2,1H3. The maximum atomic E-state index is 6.24. The highest BCUT2D eigenvalue weighted by molar-refractivity contribution is 6.32. The first kappa shape index (κ1) is 18.9. The molecule has 0 spiro atoms. The second-order valence-electron chi connectivity index (χ2n) is 7.22. The molecular weight excluding hydrogens is 402 g/mol. The van der Waals surface area contributed by atoms with Gasteiger partial charge in [0.05, 0.1) is 30.6 Å². The molecule has 0 saturated heterocycles. The topological polar surface area (TPSA) is 64.5 Å². The van der Waals surface area contributed by atoms with Gasteiger partial charge in [-0.1, -0.05) is 11.6 Å². The van der Waals surface area contributed by atoms with E-state index >= 15 is 0 Å². The number of nitrogens with zero attached hydrogens (tertiary/aromatic N) is 3. The van der Waals surface area contributed by atoms with Crippen LogP contribution in [0.4, 0.5) is 0 Å². The molecule has 3 aromatic heterocycles. The minimum Gasteiger partial charge on any atom is -0.495 e. The highest BCUT2D eigenvalue weighted by atomic mass is 35.5. The number of halogens is 1. The number of furan rings is 2. The first-order valence-corrected chi connectivity index (χ1v) is 10.1. The molecule has 0 radical (unpaired) electrons. The van der Waals surface area contributed by atoms with Crippen LogP contribution in [0.3, 0.4) is 0 Å². The summed E-state index contributed by atoms with van der Waals surface area (Å²) in [4.78, 5) is 11.5. The normalized spacial score (nSPS) is 13.9. The zero-order valence-corrected chi connectivity index (χ0v) is 17.2. The summed E-state index contributed by atoms with van der Waals surface area (Å²) in [5.74, 6) is 3.69. The van der Waals surface area contributed by atoms with Crippen LogP contribution >= 0.6 is 11.6 Å². The van der Waals surface area contributed by atoms with Gasteiger partial charge in [-0.2, -0.15) is 0 Å². The lowest BCUT2D eigenvalue weighted by Crippen LogP contribution is -2.30. The van der Waals surface area contributed by atoms with Crippen molar-refractivity contribution >= 4 is 11.6 Å². The molecule has 5 rings (SSSR count). The Morgan fingerprint density at radius 2 is 2.10 bits per heavy atom. The minimum atomic E-state index is 0.564. The summed E-state index contributed by atoms with van der Waals surface area (Å²) in [6.45, 7) is 2.42. The van der Waals surface area contributed by atoms with E-state index < -0.39 is 0 Å². The quantitative estimate of drug-likeness (QED) is 0.440. The fourth-order valence-corrected chi connectivity index (χ4v) is 3.95. The van der Waals surface area contributed by atoms with Crippen LogP contribution < -0.4 is 4.74 Å². The monoisotopic (exact) mass is 421 g/mol. The lowest BCUT2D eigenvalue weighted by atomic mass is 10.1. The fourth-order valence-electron chi connectivity index (χ4n) is 3.69. The number of ether oxygens (including phenoxy) is 1. The molecule has 1 aliphatic heterocycles. The van der Waals surface area contributed by atoms with Crippen molar-refractivity contribution in [1.82, 2.24) is 14.9 Å². The van der Waals surface area contributed by atoms with Gasteiger partial charge in [-0.15, -0.1) is 0 Å². The summed E-state index contributed by atoms with van der Waals surface area (Å²) in [6, 6.07) is 13.4. The Balaban J connectivity index is 1.28. The Labute approximate surface area is 179 Å². The molecule has 6 nitrogen and oxygen atoms in total. The van der Waals surface area contributed by atoms with Crippen molar-refractivity contribution in [1.29, 1.82) is 0 Å². The van der Waals surface area contributed by atoms with E-state index in [4.69, 9.17) is 25.2 Å². The van der Waals surface area contributed by atoms with Gasteiger partial charge in [-0.05, 0) is 42.5 Å². The Hall–Kier alpha value is -3.09. The highest BCUT2D eigenvalue weighted by Gasteiger charge is 2.20. The van der Waals surface area contributed by atoms with Gasteiger partial charge in [-0.25, -0.2) is 9.97 Å². The molecule has 1 aromatic carbocycles. The molecule has 0 bridgehead atoms. The van der Waals surface area contributed by atoms with Gasteiger partial charge >= 0.3 is 0 Å². The average Bonchev–Trinajstić information content (AvgIpc) is 3.46. The van der Waals surface area contributed by atoms with Crippen LogP contribution in [0.5, 0.6) is 5.75 Å². The van der Waals surface area contributed by atoms with Gasteiger partial charge in [0.2, 0.25) is 0 Å². The van der Waals surface area contributed by atoms with Crippen molar-refractivity contribution in [2.75, 3.05) is 13.7 Å². The van der Waals surface area contributed by atoms with E-state index in [0.717, 1.165) is 54.4 Å². The fraction of sp³-hybridized carbons (Fsp3) is 0.217. The number of methoxy groups -OCH3 is 1. The number of hydrogen-bond acceptors (Lipinski definition) is 6. The summed E-state index contributed by atoms with van der Waals surface area (Å²) in [5.41, 5.74) is 3.15. The van der Waals surface area contributed by atoms with Crippen molar-refractivity contribution in [3.63, 3.8) is 0 Å². The molecule has 1 aliphatic rings. The molecule has 0 N–H and O–H groups in total. The van der Waals surface area contributed by atoms with Crippen LogP contribution in [-0.2, 0) is 19.5 Å². The molecule has 0 unspecified atom stereocenters. The Bertz CT molecular complexity index is 1170. The summed E-state index contributed by atoms with van der Waals surface area (Å²) in [5, 5.41) is 0.564. The van der Waals surface area contributed by atoms with E-state index in [1.54, 1.807) is 13.4 Å². The SMILES string of the molecule is COc1ccc(-c2ccc(CN3CCc4nc(-c5ccco5)ncc4C3)o2)cc1Cl. The zero-order valence-electron chi connectivity index (χ0n) is 16.5. The maximum absolute atomic E-state index is 6.24. The lowest BCUT2D eigenvalue weighted by Gasteiger charge is -2.27. The predicted molar refractivity (Wildman–Crippen MR) is 113 cm³/mol. The van der Waals surface area contributed by atoms with E-state index in [-0.39, 0.29) is 0 Å². The van der Waals surface area contributed by atoms with Crippen LogP contribution in [-0.4, -0.2) is 28.5 Å². The number of benzene rings is 1. The molecule has 4 heterocycles. The van der Waals surface area contributed by atoms with E-state index in [0.29, 0.717) is 22.4 Å². The summed E-state index contributed by atoms with van der Waals surface area (Å²) >= 11 is 6.24. The minimum absolute atomic E-state index is 0.564. The van der Waals surface area contributed by atoms with Crippen molar-refractivity contribution < 1.29 is 13.6 Å². The first-order chi connectivity index (χ1) is 14.7. The second kappa shape index (κ2) is 7.97. The number of rotatable bonds is 5. The predicted octanol–water partition coefficient (Wildman–Crippen LogP) is 5.22. The molecule has 4 aromatic rings. The van der Waals surface area contributed by atoms with E-state index in [2.05, 4.69) is 14.9 Å². The largest absolute Gasteiger partial charge is 0.495 e. The van der Waals surface area contributed by atoms with Crippen molar-refractivity contribution in [3.05, 3.63) is 77.0 Å². The first-order valence-electron chi connectivity index (χ1n) is 9.73. The van der Waals surface area contributed by atoms with Crippen LogP contribution in [0.2, 0.25) is 5.02 Å². The summed E-state index contributed by atoms with van der Waals surface area (Å²) in [6.07, 6.45) is 4.41. The lowest BCUT2D eigenvalue weighted by molar-refractivity contribution is 0.224. The van der Waals surface area contributed by atoms with Crippen LogP contribution in [0.1, 0.15) is 17.0 Å². The zero-order chi connectivity index (χ0) is 20.5. The molecule has 0 amide bonds. The Morgan fingerprint density at radius 1 is 1.17 bits per heavy atom. The summed E-state index contributed by atoms with van der Waals surface area (Å²) < 4.78 is 16.7. The van der Waals surface area contributed by atoms with Crippen molar-refractivity contribution in [2.45, 2.75) is 19.5 Å². The van der Waals surface area contributed by atoms with Gasteiger partial charge < -0.3 is 13.6 Å². The van der Waals surface area contributed by atoms with Crippen LogP contribution in [0.15, 0.2) is 63.8 Å². The van der Waals surface area contributed by atoms with Gasteiger partial charge in [0, 0.05) is 36.8 Å². The molecule has 7 heteroatoms. The van der Waals surface area contributed by atoms with Crippen LogP contribution in [0.25, 0.3) is 22.9 Å². The number of hydrogen-bond donors (Lipinski definition) is 0. The summed E-state index contributed by atoms with van der Waals surface area (Å²) in [7, 11) is 1.60. The molecule has 30 heavy (non-hydrogen) atoms. The van der Waals surface area contributed by atoms with Crippen molar-refractivity contribution in [2.24, 2.45) is 0 Å². The smallest absolute Gasteiger partial charge is 0.195 e. The average molecular weight is 422 g/mol. The number of fused-ring (bicyclic) bond motifs is 1. The van der Waals surface area contributed by atoms with Gasteiger partial charge in [-0.3, -0.25) is 4.90 Å². The third kappa shape index (κ3) is 3.72. The second-order valence-corrected chi connectivity index (χ2v) is 7.63. The van der Waals surface area contributed by atoms with Gasteiger partial charge in [0.25, 0.3) is 0 Å². The van der Waals surface area contributed by atoms with Gasteiger partial charge in [0.15, 0.2) is 11.6 Å². The maximum Gasteiger partial charge on any atom is 0.195 e. The Morgan fingerprint density at radius 3 is 2.90 bits per heavy atom. The van der Waals surface area contributed by atoms with Crippen LogP contribution in [0, 0.1) is 0 Å². The van der Waals surface area contributed by atoms with E-state index in [1.807, 2.05) is 48.7 Å². The molecule has 0 saturated carbocycles. The Kier molecular flexibility index (Phi) is 5.02. The number of aromatic nitrogens is 2. The molecule has 152 valence electrons. The van der Waals surface area contributed by atoms with E-state index in [9.17, 15) is 0 Å². The highest BCUT2D eigenvalue weighted by Crippen LogP contribution is 2.31. The van der Waals surface area contributed by atoms with Crippen molar-refractivity contribution in [3.8, 4) is 28.7 Å². The van der Waals surface area contributed by atoms with E-state index in [1.165, 1.54) is 0 Å².